The maximum Gasteiger partial charge on any atom is 0.332 e. The van der Waals surface area contributed by atoms with Crippen LogP contribution in [0.5, 0.6) is 0 Å². The zero-order valence-electron chi connectivity index (χ0n) is 28.3. The molecule has 2 amide bonds. The standard InChI is InChI=1S/C36H54N4O7/c1-3-34(42)40(32-13-8-5-9-14-32)36(17-22-39(23-18-36)21-16-31-11-6-4-7-12-31)35(43)47-24-10-15-33(41)38-20-26-45-28-30-46-29-27-44-25-19-37-2/h4-9,11-14,37H,3,10,15-30H2,1-2H3,(H,38,41). The number of hydrogen-bond donors (Lipinski definition) is 2. The molecular formula is C36H54N4O7. The van der Waals surface area contributed by atoms with Crippen LogP contribution in [0.1, 0.15) is 44.6 Å². The summed E-state index contributed by atoms with van der Waals surface area (Å²) >= 11 is 0. The predicted molar refractivity (Wildman–Crippen MR) is 182 cm³/mol. The number of hydrogen-bond acceptors (Lipinski definition) is 9. The number of rotatable bonds is 23. The molecule has 0 spiro atoms. The third-order valence-corrected chi connectivity index (χ3v) is 8.21. The second-order valence-corrected chi connectivity index (χ2v) is 11.6. The molecule has 0 aromatic heterocycles. The molecular weight excluding hydrogens is 600 g/mol. The smallest absolute Gasteiger partial charge is 0.332 e. The van der Waals surface area contributed by atoms with Crippen molar-refractivity contribution < 1.29 is 33.3 Å². The predicted octanol–water partition coefficient (Wildman–Crippen LogP) is 3.22. The summed E-state index contributed by atoms with van der Waals surface area (Å²) in [5.74, 6) is -0.659. The summed E-state index contributed by atoms with van der Waals surface area (Å²) < 4.78 is 22.2. The van der Waals surface area contributed by atoms with Crippen LogP contribution in [0.25, 0.3) is 0 Å². The number of likely N-dealkylation sites (N-methyl/N-ethyl adjacent to an activating group) is 1. The number of para-hydroxylation sites is 1. The van der Waals surface area contributed by atoms with Crippen molar-refractivity contribution in [2.24, 2.45) is 0 Å². The number of ether oxygens (including phenoxy) is 4. The summed E-state index contributed by atoms with van der Waals surface area (Å²) in [5.41, 5.74) is 0.854. The molecule has 0 saturated carbocycles. The number of anilines is 1. The van der Waals surface area contributed by atoms with Gasteiger partial charge in [-0.15, -0.1) is 0 Å². The van der Waals surface area contributed by atoms with E-state index in [0.29, 0.717) is 84.2 Å². The Labute approximate surface area is 280 Å². The van der Waals surface area contributed by atoms with Crippen molar-refractivity contribution in [3.8, 4) is 0 Å². The van der Waals surface area contributed by atoms with Crippen LogP contribution in [0.3, 0.4) is 0 Å². The topological polar surface area (TPSA) is 119 Å². The molecule has 0 bridgehead atoms. The molecule has 0 radical (unpaired) electrons. The minimum Gasteiger partial charge on any atom is -0.464 e. The van der Waals surface area contributed by atoms with Gasteiger partial charge in [0.1, 0.15) is 5.54 Å². The van der Waals surface area contributed by atoms with Crippen LogP contribution in [0, 0.1) is 0 Å². The minimum atomic E-state index is -1.11. The molecule has 11 nitrogen and oxygen atoms in total. The lowest BCUT2D eigenvalue weighted by molar-refractivity contribution is -0.154. The lowest BCUT2D eigenvalue weighted by Gasteiger charge is -2.46. The average Bonchev–Trinajstić information content (AvgIpc) is 3.11. The van der Waals surface area contributed by atoms with E-state index in [1.54, 1.807) is 4.90 Å². The Kier molecular flexibility index (Phi) is 18.0. The van der Waals surface area contributed by atoms with Crippen LogP contribution in [0.4, 0.5) is 5.69 Å². The highest BCUT2D eigenvalue weighted by Gasteiger charge is 2.50. The van der Waals surface area contributed by atoms with Crippen LogP contribution in [-0.4, -0.2) is 114 Å². The van der Waals surface area contributed by atoms with Crippen molar-refractivity contribution in [2.75, 3.05) is 90.9 Å². The van der Waals surface area contributed by atoms with Gasteiger partial charge in [-0.3, -0.25) is 14.5 Å². The number of piperidine rings is 1. The molecule has 2 aromatic carbocycles. The van der Waals surface area contributed by atoms with Gasteiger partial charge in [0, 0.05) is 51.3 Å². The fraction of sp³-hybridized carbons (Fsp3) is 0.583. The van der Waals surface area contributed by atoms with Crippen molar-refractivity contribution in [3.05, 3.63) is 66.2 Å². The molecule has 11 heteroatoms. The molecule has 0 aliphatic carbocycles. The van der Waals surface area contributed by atoms with Crippen LogP contribution in [0.2, 0.25) is 0 Å². The van der Waals surface area contributed by atoms with Crippen molar-refractivity contribution in [3.63, 3.8) is 0 Å². The molecule has 1 aliphatic heterocycles. The molecule has 260 valence electrons. The van der Waals surface area contributed by atoms with E-state index in [0.717, 1.165) is 19.5 Å². The Bertz CT molecular complexity index is 1160. The van der Waals surface area contributed by atoms with Crippen LogP contribution in [-0.2, 0) is 39.8 Å². The lowest BCUT2D eigenvalue weighted by atomic mass is 9.84. The number of carbonyl (C=O) groups is 3. The first-order valence-corrected chi connectivity index (χ1v) is 17.0. The number of likely N-dealkylation sites (tertiary alicyclic amines) is 1. The monoisotopic (exact) mass is 654 g/mol. The molecule has 1 aliphatic rings. The van der Waals surface area contributed by atoms with Crippen molar-refractivity contribution in [2.45, 2.75) is 51.0 Å². The quantitative estimate of drug-likeness (QED) is 0.138. The minimum absolute atomic E-state index is 0.0984. The molecule has 2 aromatic rings. The second kappa shape index (κ2) is 22.3. The average molecular weight is 655 g/mol. The molecule has 0 unspecified atom stereocenters. The highest BCUT2D eigenvalue weighted by atomic mass is 16.5. The normalized spacial score (nSPS) is 14.4. The van der Waals surface area contributed by atoms with Crippen molar-refractivity contribution in [1.82, 2.24) is 15.5 Å². The highest BCUT2D eigenvalue weighted by Crippen LogP contribution is 2.35. The Hall–Kier alpha value is -3.35. The van der Waals surface area contributed by atoms with Gasteiger partial charge in [0.05, 0.1) is 46.2 Å². The Balaban J connectivity index is 1.44. The molecule has 2 N–H and O–H groups in total. The van der Waals surface area contributed by atoms with Gasteiger partial charge < -0.3 is 34.5 Å². The number of esters is 1. The summed E-state index contributed by atoms with van der Waals surface area (Å²) in [7, 11) is 1.88. The van der Waals surface area contributed by atoms with Crippen molar-refractivity contribution in [1.29, 1.82) is 0 Å². The summed E-state index contributed by atoms with van der Waals surface area (Å²) in [6, 6.07) is 19.7. The molecule has 3 rings (SSSR count). The maximum absolute atomic E-state index is 13.9. The number of nitrogens with one attached hydrogen (secondary N) is 2. The van der Waals surface area contributed by atoms with Crippen LogP contribution >= 0.6 is 0 Å². The van der Waals surface area contributed by atoms with Crippen LogP contribution < -0.4 is 15.5 Å². The van der Waals surface area contributed by atoms with Gasteiger partial charge in [-0.2, -0.15) is 0 Å². The molecule has 1 heterocycles. The van der Waals surface area contributed by atoms with E-state index in [4.69, 9.17) is 18.9 Å². The summed E-state index contributed by atoms with van der Waals surface area (Å²) in [4.78, 5) is 43.7. The molecule has 47 heavy (non-hydrogen) atoms. The van der Waals surface area contributed by atoms with Gasteiger partial charge >= 0.3 is 5.97 Å². The maximum atomic E-state index is 13.9. The zero-order valence-corrected chi connectivity index (χ0v) is 28.3. The summed E-state index contributed by atoms with van der Waals surface area (Å²) in [6.07, 6.45) is 2.74. The number of benzene rings is 2. The first kappa shape index (κ1) is 38.1. The fourth-order valence-corrected chi connectivity index (χ4v) is 5.56. The Morgan fingerprint density at radius 3 is 2.02 bits per heavy atom. The van der Waals surface area contributed by atoms with E-state index in [1.807, 2.05) is 62.5 Å². The number of carbonyl (C=O) groups excluding carboxylic acids is 3. The number of amides is 2. The highest BCUT2D eigenvalue weighted by molar-refractivity contribution is 6.02. The van der Waals surface area contributed by atoms with E-state index < -0.39 is 11.5 Å². The largest absolute Gasteiger partial charge is 0.464 e. The Morgan fingerprint density at radius 2 is 1.40 bits per heavy atom. The van der Waals surface area contributed by atoms with Gasteiger partial charge in [0.25, 0.3) is 0 Å². The van der Waals surface area contributed by atoms with Crippen molar-refractivity contribution >= 4 is 23.5 Å². The third-order valence-electron chi connectivity index (χ3n) is 8.21. The lowest BCUT2D eigenvalue weighted by Crippen LogP contribution is -2.63. The SMILES string of the molecule is CCC(=O)N(c1ccccc1)C1(C(=O)OCCCC(=O)NCCOCCOCCOCCNC)CCN(CCc2ccccc2)CC1. The fourth-order valence-electron chi connectivity index (χ4n) is 5.56. The van der Waals surface area contributed by atoms with E-state index in [1.165, 1.54) is 5.56 Å². The zero-order chi connectivity index (χ0) is 33.6. The van der Waals surface area contributed by atoms with Gasteiger partial charge in [-0.25, -0.2) is 4.79 Å². The van der Waals surface area contributed by atoms with Gasteiger partial charge in [0.15, 0.2) is 0 Å². The summed E-state index contributed by atoms with van der Waals surface area (Å²) in [5, 5.41) is 5.85. The van der Waals surface area contributed by atoms with E-state index in [9.17, 15) is 14.4 Å². The van der Waals surface area contributed by atoms with E-state index in [-0.39, 0.29) is 31.3 Å². The second-order valence-electron chi connectivity index (χ2n) is 11.6. The molecule has 1 saturated heterocycles. The van der Waals surface area contributed by atoms with Gasteiger partial charge in [-0.1, -0.05) is 55.5 Å². The van der Waals surface area contributed by atoms with Gasteiger partial charge in [0.2, 0.25) is 11.8 Å². The van der Waals surface area contributed by atoms with Crippen LogP contribution in [0.15, 0.2) is 60.7 Å². The third kappa shape index (κ3) is 13.4. The van der Waals surface area contributed by atoms with E-state index in [2.05, 4.69) is 27.7 Å². The first-order valence-electron chi connectivity index (χ1n) is 17.0. The van der Waals surface area contributed by atoms with E-state index >= 15 is 0 Å². The van der Waals surface area contributed by atoms with Gasteiger partial charge in [-0.05, 0) is 50.4 Å². The number of nitrogens with zero attached hydrogens (tertiary/aromatic N) is 2. The first-order chi connectivity index (χ1) is 23.0. The molecule has 1 fully saturated rings. The Morgan fingerprint density at radius 1 is 0.809 bits per heavy atom. The summed E-state index contributed by atoms with van der Waals surface area (Å²) in [6.45, 7) is 8.34. The molecule has 0 atom stereocenters.